The van der Waals surface area contributed by atoms with E-state index in [1.165, 1.54) is 6.07 Å². The number of ether oxygens (including phenoxy) is 2. The van der Waals surface area contributed by atoms with E-state index in [1.54, 1.807) is 24.1 Å². The first kappa shape index (κ1) is 26.2. The van der Waals surface area contributed by atoms with Crippen molar-refractivity contribution in [3.8, 4) is 0 Å². The third-order valence-corrected chi connectivity index (χ3v) is 6.95. The van der Waals surface area contributed by atoms with Crippen molar-refractivity contribution in [1.29, 1.82) is 0 Å². The Labute approximate surface area is 200 Å². The van der Waals surface area contributed by atoms with Crippen LogP contribution in [0.25, 0.3) is 0 Å². The molecular formula is C24H37ClFN3O4. The first-order chi connectivity index (χ1) is 15.7. The fourth-order valence-corrected chi connectivity index (χ4v) is 5.08. The fourth-order valence-electron chi connectivity index (χ4n) is 4.91. The minimum absolute atomic E-state index is 0.0116. The molecule has 3 rings (SSSR count). The van der Waals surface area contributed by atoms with E-state index in [0.29, 0.717) is 52.1 Å². The molecule has 0 radical (unpaired) electrons. The van der Waals surface area contributed by atoms with Crippen molar-refractivity contribution in [2.24, 2.45) is 5.92 Å². The third kappa shape index (κ3) is 6.57. The van der Waals surface area contributed by atoms with Crippen LogP contribution < -0.4 is 10.6 Å². The van der Waals surface area contributed by atoms with E-state index in [1.807, 2.05) is 13.8 Å². The Balaban J connectivity index is 1.70. The molecule has 2 saturated heterocycles. The van der Waals surface area contributed by atoms with Gasteiger partial charge in [-0.15, -0.1) is 0 Å². The average Bonchev–Trinajstić information content (AvgIpc) is 3.15. The quantitative estimate of drug-likeness (QED) is 0.465. The molecule has 1 aromatic carbocycles. The molecule has 3 atom stereocenters. The number of aliphatic hydroxyl groups is 1. The number of nitrogens with one attached hydrogen (secondary N) is 2. The molecule has 3 N–H and O–H groups in total. The number of piperidine rings is 1. The van der Waals surface area contributed by atoms with Gasteiger partial charge in [0.25, 0.3) is 0 Å². The van der Waals surface area contributed by atoms with Gasteiger partial charge in [0.05, 0.1) is 23.3 Å². The van der Waals surface area contributed by atoms with Gasteiger partial charge in [0.1, 0.15) is 11.5 Å². The Morgan fingerprint density at radius 2 is 2.24 bits per heavy atom. The summed E-state index contributed by atoms with van der Waals surface area (Å²) in [7, 11) is 1.63. The lowest BCUT2D eigenvalue weighted by atomic mass is 9.74. The number of likely N-dealkylation sites (tertiary alicyclic amines) is 1. The molecule has 2 amide bonds. The molecule has 1 aromatic rings. The highest BCUT2D eigenvalue weighted by atomic mass is 35.5. The minimum Gasteiger partial charge on any atom is -0.385 e. The summed E-state index contributed by atoms with van der Waals surface area (Å²) in [6.45, 7) is 6.40. The number of amides is 2. The molecule has 7 nitrogen and oxygen atoms in total. The maximum absolute atomic E-state index is 15.0. The van der Waals surface area contributed by atoms with Crippen LogP contribution in [0.5, 0.6) is 0 Å². The first-order valence-electron chi connectivity index (χ1n) is 11.8. The minimum atomic E-state index is -1.42. The molecule has 9 heteroatoms. The number of carbonyl (C=O) groups is 1. The maximum Gasteiger partial charge on any atom is 0.317 e. The second-order valence-corrected chi connectivity index (χ2v) is 10.0. The number of nitrogens with zero attached hydrogens (tertiary/aromatic N) is 1. The maximum atomic E-state index is 15.0. The number of unbranched alkanes of at least 4 members (excludes halogenated alkanes) is 1. The van der Waals surface area contributed by atoms with E-state index in [4.69, 9.17) is 21.1 Å². The Hall–Kier alpha value is -1.45. The number of benzene rings is 1. The zero-order valence-corrected chi connectivity index (χ0v) is 20.6. The second-order valence-electron chi connectivity index (χ2n) is 9.61. The number of urea groups is 1. The molecular weight excluding hydrogens is 449 g/mol. The normalized spacial score (nSPS) is 24.5. The van der Waals surface area contributed by atoms with Crippen molar-refractivity contribution in [2.75, 3.05) is 40.0 Å². The molecule has 2 fully saturated rings. The van der Waals surface area contributed by atoms with Gasteiger partial charge >= 0.3 is 6.03 Å². The molecule has 2 heterocycles. The van der Waals surface area contributed by atoms with E-state index in [9.17, 15) is 9.90 Å². The van der Waals surface area contributed by atoms with Crippen molar-refractivity contribution in [3.05, 3.63) is 34.6 Å². The average molecular weight is 486 g/mol. The van der Waals surface area contributed by atoms with Gasteiger partial charge < -0.3 is 24.8 Å². The fraction of sp³-hybridized carbons (Fsp3) is 0.708. The summed E-state index contributed by atoms with van der Waals surface area (Å²) in [5.41, 5.74) is -1.62. The Bertz CT molecular complexity index is 812. The molecule has 0 bridgehead atoms. The number of halogens is 2. The van der Waals surface area contributed by atoms with Crippen LogP contribution in [0, 0.1) is 11.7 Å². The van der Waals surface area contributed by atoms with Crippen molar-refractivity contribution < 1.29 is 23.8 Å². The SMILES string of the molecule is COCCCC[C@@](O)(c1cccc(Cl)c1F)[C@@H]1CCCN(C(=O)NC[C@@H]2COC(C)(C)N2)C1. The van der Waals surface area contributed by atoms with Crippen LogP contribution in [0.2, 0.25) is 5.02 Å². The molecule has 186 valence electrons. The van der Waals surface area contributed by atoms with Gasteiger partial charge in [0, 0.05) is 44.8 Å². The Morgan fingerprint density at radius 3 is 2.94 bits per heavy atom. The summed E-state index contributed by atoms with van der Waals surface area (Å²) in [4.78, 5) is 14.6. The summed E-state index contributed by atoms with van der Waals surface area (Å²) < 4.78 is 25.8. The van der Waals surface area contributed by atoms with Crippen molar-refractivity contribution >= 4 is 17.6 Å². The summed E-state index contributed by atoms with van der Waals surface area (Å²) in [5.74, 6) is -0.899. The molecule has 0 aromatic heterocycles. The number of rotatable bonds is 9. The van der Waals surface area contributed by atoms with Crippen LogP contribution in [0.15, 0.2) is 18.2 Å². The summed E-state index contributed by atoms with van der Waals surface area (Å²) >= 11 is 6.05. The highest BCUT2D eigenvalue weighted by Crippen LogP contribution is 2.42. The van der Waals surface area contributed by atoms with Crippen LogP contribution >= 0.6 is 11.6 Å². The molecule has 0 spiro atoms. The van der Waals surface area contributed by atoms with Crippen molar-refractivity contribution in [2.45, 2.75) is 63.3 Å². The molecule has 33 heavy (non-hydrogen) atoms. The van der Waals surface area contributed by atoms with Gasteiger partial charge in [-0.3, -0.25) is 5.32 Å². The second kappa shape index (κ2) is 11.3. The lowest BCUT2D eigenvalue weighted by Crippen LogP contribution is -2.53. The lowest BCUT2D eigenvalue weighted by Gasteiger charge is -2.43. The Morgan fingerprint density at radius 1 is 1.45 bits per heavy atom. The van der Waals surface area contributed by atoms with E-state index >= 15 is 4.39 Å². The molecule has 2 aliphatic rings. The van der Waals surface area contributed by atoms with E-state index in [0.717, 1.165) is 12.8 Å². The van der Waals surface area contributed by atoms with E-state index < -0.39 is 17.1 Å². The molecule has 0 aliphatic carbocycles. The third-order valence-electron chi connectivity index (χ3n) is 6.66. The number of carbonyl (C=O) groups excluding carboxylic acids is 1. The zero-order valence-electron chi connectivity index (χ0n) is 19.8. The smallest absolute Gasteiger partial charge is 0.317 e. The standard InChI is InChI=1S/C24H37ClFN3O4/c1-23(2)28-18(16-33-23)14-27-22(30)29-12-7-8-17(15-29)24(31,11-4-5-13-32-3)19-9-6-10-20(25)21(19)26/h6,9-10,17-18,28,31H,4-5,7-8,11-16H2,1-3H3,(H,27,30)/t17-,18-,24+/m1/s1. The summed E-state index contributed by atoms with van der Waals surface area (Å²) in [5, 5.41) is 18.1. The van der Waals surface area contributed by atoms with Crippen LogP contribution in [0.4, 0.5) is 9.18 Å². The number of methoxy groups -OCH3 is 1. The predicted molar refractivity (Wildman–Crippen MR) is 126 cm³/mol. The predicted octanol–water partition coefficient (Wildman–Crippen LogP) is 3.63. The van der Waals surface area contributed by atoms with Gasteiger partial charge in [-0.1, -0.05) is 23.7 Å². The highest BCUT2D eigenvalue weighted by Gasteiger charge is 2.43. The highest BCUT2D eigenvalue weighted by molar-refractivity contribution is 6.30. The van der Waals surface area contributed by atoms with E-state index in [2.05, 4.69) is 10.6 Å². The molecule has 0 saturated carbocycles. The van der Waals surface area contributed by atoms with Crippen LogP contribution in [-0.2, 0) is 15.1 Å². The summed E-state index contributed by atoms with van der Waals surface area (Å²) in [6, 6.07) is 4.60. The van der Waals surface area contributed by atoms with Crippen LogP contribution in [0.1, 0.15) is 51.5 Å². The first-order valence-corrected chi connectivity index (χ1v) is 12.1. The van der Waals surface area contributed by atoms with Crippen molar-refractivity contribution in [3.63, 3.8) is 0 Å². The zero-order chi connectivity index (χ0) is 24.1. The van der Waals surface area contributed by atoms with Gasteiger partial charge in [-0.05, 0) is 52.0 Å². The lowest BCUT2D eigenvalue weighted by molar-refractivity contribution is -0.0586. The monoisotopic (exact) mass is 485 g/mol. The number of hydrogen-bond acceptors (Lipinski definition) is 5. The summed E-state index contributed by atoms with van der Waals surface area (Å²) in [6.07, 6.45) is 3.22. The van der Waals surface area contributed by atoms with Crippen LogP contribution in [-0.4, -0.2) is 67.8 Å². The number of hydrogen-bond donors (Lipinski definition) is 3. The molecule has 2 aliphatic heterocycles. The van der Waals surface area contributed by atoms with E-state index in [-0.39, 0.29) is 28.6 Å². The van der Waals surface area contributed by atoms with Gasteiger partial charge in [-0.25, -0.2) is 9.18 Å². The topological polar surface area (TPSA) is 83.1 Å². The van der Waals surface area contributed by atoms with Crippen molar-refractivity contribution in [1.82, 2.24) is 15.5 Å². The van der Waals surface area contributed by atoms with Crippen LogP contribution in [0.3, 0.4) is 0 Å². The van der Waals surface area contributed by atoms with Gasteiger partial charge in [-0.2, -0.15) is 0 Å². The van der Waals surface area contributed by atoms with Gasteiger partial charge in [0.15, 0.2) is 0 Å². The largest absolute Gasteiger partial charge is 0.385 e. The van der Waals surface area contributed by atoms with Gasteiger partial charge in [0.2, 0.25) is 0 Å². The molecule has 0 unspecified atom stereocenters. The Kier molecular flexibility index (Phi) is 8.97.